The first kappa shape index (κ1) is 18.4. The molecule has 0 amide bonds. The van der Waals surface area contributed by atoms with Gasteiger partial charge in [0.25, 0.3) is 0 Å². The van der Waals surface area contributed by atoms with Crippen LogP contribution in [0.25, 0.3) is 11.0 Å². The number of benzene rings is 2. The number of nitrogens with one attached hydrogen (secondary N) is 1. The molecule has 6 nitrogen and oxygen atoms in total. The van der Waals surface area contributed by atoms with E-state index in [4.69, 9.17) is 16.7 Å². The van der Waals surface area contributed by atoms with Crippen molar-refractivity contribution in [3.8, 4) is 11.8 Å². The molecule has 0 bridgehead atoms. The average molecular weight is 401 g/mol. The molecule has 29 heavy (non-hydrogen) atoms. The van der Waals surface area contributed by atoms with Crippen molar-refractivity contribution in [2.45, 2.75) is 0 Å². The maximum atomic E-state index is 11.1. The SMILES string of the molecule is O=C(O)c1cccc(C#Cc2ccccc2Nc2ncnc3ccc(Cl)nc23)c1. The molecule has 0 aliphatic carbocycles. The fourth-order valence-corrected chi connectivity index (χ4v) is 2.85. The van der Waals surface area contributed by atoms with Crippen molar-refractivity contribution < 1.29 is 9.90 Å². The third kappa shape index (κ3) is 4.15. The Morgan fingerprint density at radius 2 is 1.86 bits per heavy atom. The normalized spacial score (nSPS) is 10.2. The van der Waals surface area contributed by atoms with Crippen LogP contribution in [-0.4, -0.2) is 26.0 Å². The Hall–Kier alpha value is -3.95. The zero-order valence-corrected chi connectivity index (χ0v) is 15.7. The van der Waals surface area contributed by atoms with Crippen LogP contribution >= 0.6 is 11.6 Å². The van der Waals surface area contributed by atoms with Crippen molar-refractivity contribution in [2.24, 2.45) is 0 Å². The Kier molecular flexibility index (Phi) is 5.06. The summed E-state index contributed by atoms with van der Waals surface area (Å²) in [7, 11) is 0. The molecule has 0 saturated carbocycles. The van der Waals surface area contributed by atoms with Crippen LogP contribution in [0, 0.1) is 11.8 Å². The van der Waals surface area contributed by atoms with E-state index in [0.717, 1.165) is 11.3 Å². The first-order valence-electron chi connectivity index (χ1n) is 8.59. The number of para-hydroxylation sites is 1. The van der Waals surface area contributed by atoms with E-state index >= 15 is 0 Å². The van der Waals surface area contributed by atoms with Gasteiger partial charge in [-0.05, 0) is 42.5 Å². The standard InChI is InChI=1S/C22H13ClN4O2/c23-19-11-10-18-20(27-19)21(25-13-24-18)26-17-7-2-1-5-15(17)9-8-14-4-3-6-16(12-14)22(28)29/h1-7,10-13H,(H,28,29)(H,24,25,26). The summed E-state index contributed by atoms with van der Waals surface area (Å²) >= 11 is 6.02. The van der Waals surface area contributed by atoms with Crippen molar-refractivity contribution in [3.05, 3.63) is 88.8 Å². The molecule has 0 spiro atoms. The van der Waals surface area contributed by atoms with E-state index in [1.165, 1.54) is 18.5 Å². The maximum absolute atomic E-state index is 11.1. The lowest BCUT2D eigenvalue weighted by Crippen LogP contribution is -1.99. The van der Waals surface area contributed by atoms with Crippen LogP contribution in [0.3, 0.4) is 0 Å². The lowest BCUT2D eigenvalue weighted by atomic mass is 10.1. The molecule has 0 aliphatic heterocycles. The number of hydrogen-bond donors (Lipinski definition) is 2. The monoisotopic (exact) mass is 400 g/mol. The molecule has 0 saturated heterocycles. The number of carboxylic acids is 1. The predicted molar refractivity (Wildman–Crippen MR) is 111 cm³/mol. The van der Waals surface area contributed by atoms with Crippen molar-refractivity contribution >= 4 is 40.1 Å². The highest BCUT2D eigenvalue weighted by molar-refractivity contribution is 6.29. The number of rotatable bonds is 3. The highest BCUT2D eigenvalue weighted by atomic mass is 35.5. The van der Waals surface area contributed by atoms with Gasteiger partial charge in [0.1, 0.15) is 17.0 Å². The first-order valence-corrected chi connectivity index (χ1v) is 8.96. The second-order valence-electron chi connectivity index (χ2n) is 6.03. The van der Waals surface area contributed by atoms with Gasteiger partial charge in [0, 0.05) is 11.1 Å². The van der Waals surface area contributed by atoms with Gasteiger partial charge in [-0.1, -0.05) is 41.6 Å². The number of anilines is 2. The van der Waals surface area contributed by atoms with Gasteiger partial charge in [-0.2, -0.15) is 0 Å². The number of pyridine rings is 1. The quantitative estimate of drug-likeness (QED) is 0.388. The largest absolute Gasteiger partial charge is 0.478 e. The van der Waals surface area contributed by atoms with E-state index in [2.05, 4.69) is 32.1 Å². The van der Waals surface area contributed by atoms with Crippen LogP contribution < -0.4 is 5.32 Å². The Bertz CT molecular complexity index is 1290. The van der Waals surface area contributed by atoms with Crippen LogP contribution in [0.4, 0.5) is 11.5 Å². The molecular weight excluding hydrogens is 388 g/mol. The molecule has 0 radical (unpaired) electrons. The second kappa shape index (κ2) is 7.97. The van der Waals surface area contributed by atoms with Crippen molar-refractivity contribution in [3.63, 3.8) is 0 Å². The summed E-state index contributed by atoms with van der Waals surface area (Å²) in [5.74, 6) is 5.61. The molecule has 7 heteroatoms. The number of halogens is 1. The van der Waals surface area contributed by atoms with Gasteiger partial charge < -0.3 is 10.4 Å². The van der Waals surface area contributed by atoms with Gasteiger partial charge >= 0.3 is 5.97 Å². The van der Waals surface area contributed by atoms with Gasteiger partial charge in [0.15, 0.2) is 5.82 Å². The fourth-order valence-electron chi connectivity index (χ4n) is 2.71. The minimum absolute atomic E-state index is 0.193. The Morgan fingerprint density at radius 3 is 2.72 bits per heavy atom. The molecule has 140 valence electrons. The van der Waals surface area contributed by atoms with Crippen LogP contribution in [0.1, 0.15) is 21.5 Å². The van der Waals surface area contributed by atoms with E-state index in [1.807, 2.05) is 24.3 Å². The third-order valence-corrected chi connectivity index (χ3v) is 4.29. The third-order valence-electron chi connectivity index (χ3n) is 4.08. The topological polar surface area (TPSA) is 88.0 Å². The summed E-state index contributed by atoms with van der Waals surface area (Å²) in [4.78, 5) is 23.9. The highest BCUT2D eigenvalue weighted by Gasteiger charge is 2.08. The van der Waals surface area contributed by atoms with E-state index in [9.17, 15) is 4.79 Å². The van der Waals surface area contributed by atoms with Crippen molar-refractivity contribution in [1.29, 1.82) is 0 Å². The summed E-state index contributed by atoms with van der Waals surface area (Å²) in [6.07, 6.45) is 1.45. The van der Waals surface area contributed by atoms with Gasteiger partial charge in [-0.3, -0.25) is 0 Å². The lowest BCUT2D eigenvalue weighted by Gasteiger charge is -2.09. The Balaban J connectivity index is 1.70. The molecule has 0 unspecified atom stereocenters. The number of hydrogen-bond acceptors (Lipinski definition) is 5. The van der Waals surface area contributed by atoms with E-state index < -0.39 is 5.97 Å². The van der Waals surface area contributed by atoms with Crippen LogP contribution in [-0.2, 0) is 0 Å². The minimum atomic E-state index is -0.988. The van der Waals surface area contributed by atoms with Gasteiger partial charge in [0.05, 0.1) is 16.8 Å². The number of aromatic carboxylic acids is 1. The molecule has 4 aromatic rings. The number of carboxylic acid groups (broad SMARTS) is 1. The number of fused-ring (bicyclic) bond motifs is 1. The molecule has 4 rings (SSSR count). The summed E-state index contributed by atoms with van der Waals surface area (Å²) in [6, 6.07) is 17.4. The number of aromatic nitrogens is 3. The molecule has 0 atom stereocenters. The van der Waals surface area contributed by atoms with Crippen LogP contribution in [0.15, 0.2) is 67.0 Å². The molecule has 2 heterocycles. The summed E-state index contributed by atoms with van der Waals surface area (Å²) in [6.45, 7) is 0. The molecule has 2 aromatic heterocycles. The minimum Gasteiger partial charge on any atom is -0.478 e. The van der Waals surface area contributed by atoms with E-state index in [-0.39, 0.29) is 5.56 Å². The summed E-state index contributed by atoms with van der Waals surface area (Å²) in [5.41, 5.74) is 3.48. The first-order chi connectivity index (χ1) is 14.1. The average Bonchev–Trinajstić information content (AvgIpc) is 2.74. The van der Waals surface area contributed by atoms with Crippen molar-refractivity contribution in [2.75, 3.05) is 5.32 Å². The number of nitrogens with zero attached hydrogens (tertiary/aromatic N) is 3. The van der Waals surface area contributed by atoms with Crippen LogP contribution in [0.2, 0.25) is 5.15 Å². The summed E-state index contributed by atoms with van der Waals surface area (Å²) in [5, 5.41) is 12.7. The smallest absolute Gasteiger partial charge is 0.335 e. The molecule has 0 fully saturated rings. The zero-order valence-electron chi connectivity index (χ0n) is 14.9. The molecular formula is C22H13ClN4O2. The van der Waals surface area contributed by atoms with Gasteiger partial charge in [-0.15, -0.1) is 0 Å². The molecule has 2 N–H and O–H groups in total. The van der Waals surface area contributed by atoms with E-state index in [0.29, 0.717) is 27.6 Å². The second-order valence-corrected chi connectivity index (χ2v) is 6.42. The Labute approximate surface area is 171 Å². The lowest BCUT2D eigenvalue weighted by molar-refractivity contribution is 0.0697. The van der Waals surface area contributed by atoms with Crippen molar-refractivity contribution in [1.82, 2.24) is 15.0 Å². The fraction of sp³-hybridized carbons (Fsp3) is 0. The predicted octanol–water partition coefficient (Wildman–Crippen LogP) is 4.52. The Morgan fingerprint density at radius 1 is 1.00 bits per heavy atom. The summed E-state index contributed by atoms with van der Waals surface area (Å²) < 4.78 is 0. The zero-order chi connectivity index (χ0) is 20.2. The van der Waals surface area contributed by atoms with E-state index in [1.54, 1.807) is 24.3 Å². The van der Waals surface area contributed by atoms with Gasteiger partial charge in [0.2, 0.25) is 0 Å². The maximum Gasteiger partial charge on any atom is 0.335 e. The highest BCUT2D eigenvalue weighted by Crippen LogP contribution is 2.24. The molecule has 2 aromatic carbocycles. The van der Waals surface area contributed by atoms with Crippen LogP contribution in [0.5, 0.6) is 0 Å². The number of carbonyl (C=O) groups is 1. The van der Waals surface area contributed by atoms with Gasteiger partial charge in [-0.25, -0.2) is 19.7 Å². The molecule has 0 aliphatic rings.